The average molecular weight is 386 g/mol. The molecule has 0 saturated carbocycles. The van der Waals surface area contributed by atoms with E-state index >= 15 is 0 Å². The zero-order chi connectivity index (χ0) is 20.1. The molecule has 3 rings (SSSR count). The van der Waals surface area contributed by atoms with Gasteiger partial charge in [0.05, 0.1) is 19.7 Å². The van der Waals surface area contributed by atoms with Crippen molar-refractivity contribution in [2.45, 2.75) is 20.0 Å². The van der Waals surface area contributed by atoms with Crippen molar-refractivity contribution in [1.82, 2.24) is 19.7 Å². The van der Waals surface area contributed by atoms with Gasteiger partial charge in [-0.1, -0.05) is 35.5 Å². The van der Waals surface area contributed by atoms with Crippen LogP contribution in [0.5, 0.6) is 0 Å². The van der Waals surface area contributed by atoms with Crippen LogP contribution in [0.1, 0.15) is 17.3 Å². The molecule has 10 heteroatoms. The second kappa shape index (κ2) is 8.53. The minimum Gasteiger partial charge on any atom is -0.383 e. The Morgan fingerprint density at radius 1 is 1.29 bits per heavy atom. The molecule has 0 amide bonds. The van der Waals surface area contributed by atoms with Crippen molar-refractivity contribution in [1.29, 1.82) is 0 Å². The number of nitrogens with zero attached hydrogens (tertiary/aromatic N) is 4. The van der Waals surface area contributed by atoms with Crippen LogP contribution >= 0.6 is 0 Å². The molecule has 0 unspecified atom stereocenters. The third-order valence-electron chi connectivity index (χ3n) is 4.17. The van der Waals surface area contributed by atoms with Crippen LogP contribution in [0.3, 0.4) is 0 Å². The third-order valence-corrected chi connectivity index (χ3v) is 4.17. The first kappa shape index (κ1) is 19.4. The molecule has 0 atom stereocenters. The van der Waals surface area contributed by atoms with Crippen molar-refractivity contribution in [3.05, 3.63) is 68.4 Å². The number of hydrogen-bond acceptors (Lipinski definition) is 8. The van der Waals surface area contributed by atoms with Crippen molar-refractivity contribution >= 4 is 11.5 Å². The van der Waals surface area contributed by atoms with Crippen molar-refractivity contribution in [3.8, 4) is 0 Å². The number of nitrogens with two attached hydrogens (primary N) is 1. The summed E-state index contributed by atoms with van der Waals surface area (Å²) in [4.78, 5) is 33.1. The Morgan fingerprint density at radius 3 is 2.68 bits per heavy atom. The topological polar surface area (TPSA) is 132 Å². The van der Waals surface area contributed by atoms with E-state index in [1.165, 1.54) is 4.57 Å². The van der Waals surface area contributed by atoms with E-state index in [0.717, 1.165) is 5.56 Å². The number of benzene rings is 1. The first-order valence-corrected chi connectivity index (χ1v) is 8.69. The van der Waals surface area contributed by atoms with Gasteiger partial charge in [-0.25, -0.2) is 4.79 Å². The van der Waals surface area contributed by atoms with E-state index in [-0.39, 0.29) is 24.6 Å². The summed E-state index contributed by atoms with van der Waals surface area (Å²) in [5.41, 5.74) is 6.14. The van der Waals surface area contributed by atoms with Crippen LogP contribution in [0.4, 0.5) is 11.5 Å². The number of nitrogens with one attached hydrogen (secondary N) is 1. The predicted octanol–water partition coefficient (Wildman–Crippen LogP) is 0.512. The summed E-state index contributed by atoms with van der Waals surface area (Å²) < 4.78 is 11.6. The molecule has 0 aliphatic heterocycles. The second-order valence-electron chi connectivity index (χ2n) is 6.21. The monoisotopic (exact) mass is 386 g/mol. The fourth-order valence-corrected chi connectivity index (χ4v) is 2.84. The molecule has 2 heterocycles. The summed E-state index contributed by atoms with van der Waals surface area (Å²) in [6, 6.07) is 9.37. The zero-order valence-corrected chi connectivity index (χ0v) is 15.7. The Morgan fingerprint density at radius 2 is 2.04 bits per heavy atom. The minimum atomic E-state index is -0.584. The van der Waals surface area contributed by atoms with Crippen molar-refractivity contribution in [2.75, 3.05) is 30.9 Å². The van der Waals surface area contributed by atoms with Gasteiger partial charge in [0, 0.05) is 13.7 Å². The number of hydrogen-bond donors (Lipinski definition) is 2. The largest absolute Gasteiger partial charge is 0.383 e. The van der Waals surface area contributed by atoms with Crippen LogP contribution in [-0.4, -0.2) is 40.0 Å². The smallest absolute Gasteiger partial charge is 0.330 e. The number of aromatic nitrogens is 4. The van der Waals surface area contributed by atoms with Crippen LogP contribution in [0.2, 0.25) is 0 Å². The number of aryl methyl sites for hydroxylation is 1. The summed E-state index contributed by atoms with van der Waals surface area (Å²) in [6.45, 7) is 2.76. The first-order valence-electron chi connectivity index (χ1n) is 8.69. The van der Waals surface area contributed by atoms with Gasteiger partial charge < -0.3 is 19.9 Å². The summed E-state index contributed by atoms with van der Waals surface area (Å²) in [7, 11) is 1.55. The second-order valence-corrected chi connectivity index (χ2v) is 6.21. The van der Waals surface area contributed by atoms with E-state index in [1.54, 1.807) is 18.9 Å². The van der Waals surface area contributed by atoms with E-state index in [0.29, 0.717) is 24.9 Å². The van der Waals surface area contributed by atoms with Gasteiger partial charge in [0.15, 0.2) is 5.82 Å². The highest BCUT2D eigenvalue weighted by Crippen LogP contribution is 2.19. The number of nitrogen functional groups attached to an aromatic ring is 1. The lowest BCUT2D eigenvalue weighted by Crippen LogP contribution is -2.39. The van der Waals surface area contributed by atoms with Gasteiger partial charge in [-0.2, -0.15) is 4.98 Å². The summed E-state index contributed by atoms with van der Waals surface area (Å²) in [6.07, 6.45) is 0. The van der Waals surface area contributed by atoms with Crippen molar-refractivity contribution in [2.24, 2.45) is 0 Å². The van der Waals surface area contributed by atoms with Gasteiger partial charge in [-0.15, -0.1) is 0 Å². The van der Waals surface area contributed by atoms with Crippen LogP contribution in [-0.2, 0) is 17.8 Å². The molecule has 2 aromatic heterocycles. The van der Waals surface area contributed by atoms with Gasteiger partial charge in [-0.05, 0) is 12.5 Å². The maximum absolute atomic E-state index is 12.6. The van der Waals surface area contributed by atoms with Crippen LogP contribution in [0, 0.1) is 6.92 Å². The van der Waals surface area contributed by atoms with Gasteiger partial charge in [-0.3, -0.25) is 14.3 Å². The van der Waals surface area contributed by atoms with Crippen molar-refractivity contribution in [3.63, 3.8) is 0 Å². The molecule has 1 aromatic carbocycles. The molecule has 3 aromatic rings. The fraction of sp³-hybridized carbons (Fsp3) is 0.333. The standard InChI is InChI=1S/C18H22N6O4/c1-12-20-14(28-22-12)11-23(8-9-27-2)15-16(19)24(18(26)21-17(15)25)10-13-6-4-3-5-7-13/h3-7H,8-11,19H2,1-2H3,(H,21,25,26). The lowest BCUT2D eigenvalue weighted by molar-refractivity contribution is 0.204. The normalized spacial score (nSPS) is 10.9. The molecule has 148 valence electrons. The summed E-state index contributed by atoms with van der Waals surface area (Å²) in [5, 5.41) is 3.76. The Kier molecular flexibility index (Phi) is 5.90. The highest BCUT2D eigenvalue weighted by molar-refractivity contribution is 5.62. The molecule has 0 saturated heterocycles. The molecule has 0 fully saturated rings. The molecule has 0 aliphatic rings. The van der Waals surface area contributed by atoms with E-state index in [4.69, 9.17) is 15.0 Å². The number of ether oxygens (including phenoxy) is 1. The molecule has 0 spiro atoms. The zero-order valence-electron chi connectivity index (χ0n) is 15.7. The number of anilines is 2. The first-order chi connectivity index (χ1) is 13.5. The molecular formula is C18H22N6O4. The number of H-pyrrole nitrogens is 1. The van der Waals surface area contributed by atoms with Gasteiger partial charge >= 0.3 is 5.69 Å². The van der Waals surface area contributed by atoms with Crippen LogP contribution in [0.15, 0.2) is 44.4 Å². The maximum atomic E-state index is 12.6. The van der Waals surface area contributed by atoms with Crippen molar-refractivity contribution < 1.29 is 9.26 Å². The lowest BCUT2D eigenvalue weighted by atomic mass is 10.2. The average Bonchev–Trinajstić information content (AvgIpc) is 3.08. The Balaban J connectivity index is 2.02. The quantitative estimate of drug-likeness (QED) is 0.572. The highest BCUT2D eigenvalue weighted by Gasteiger charge is 2.21. The van der Waals surface area contributed by atoms with Crippen LogP contribution in [0.25, 0.3) is 0 Å². The fourth-order valence-electron chi connectivity index (χ4n) is 2.84. The third kappa shape index (κ3) is 4.29. The van der Waals surface area contributed by atoms with E-state index in [2.05, 4.69) is 15.1 Å². The lowest BCUT2D eigenvalue weighted by Gasteiger charge is -2.24. The molecular weight excluding hydrogens is 364 g/mol. The summed E-state index contributed by atoms with van der Waals surface area (Å²) in [5.74, 6) is 0.871. The minimum absolute atomic E-state index is 0.0601. The predicted molar refractivity (Wildman–Crippen MR) is 103 cm³/mol. The molecule has 0 bridgehead atoms. The number of methoxy groups -OCH3 is 1. The maximum Gasteiger partial charge on any atom is 0.330 e. The van der Waals surface area contributed by atoms with Crippen LogP contribution < -0.4 is 21.9 Å². The van der Waals surface area contributed by atoms with E-state index in [9.17, 15) is 9.59 Å². The van der Waals surface area contributed by atoms with E-state index < -0.39 is 11.2 Å². The molecule has 3 N–H and O–H groups in total. The summed E-state index contributed by atoms with van der Waals surface area (Å²) >= 11 is 0. The SMILES string of the molecule is COCCN(Cc1nc(C)no1)c1c(N)n(Cc2ccccc2)c(=O)[nH]c1=O. The Bertz CT molecular complexity index is 1040. The van der Waals surface area contributed by atoms with Gasteiger partial charge in [0.2, 0.25) is 5.89 Å². The Hall–Kier alpha value is -3.40. The molecule has 0 aliphatic carbocycles. The molecule has 28 heavy (non-hydrogen) atoms. The highest BCUT2D eigenvalue weighted by atomic mass is 16.5. The van der Waals surface area contributed by atoms with Gasteiger partial charge in [0.25, 0.3) is 5.56 Å². The Labute approximate surface area is 160 Å². The van der Waals surface area contributed by atoms with E-state index in [1.807, 2.05) is 30.3 Å². The number of rotatable bonds is 8. The molecule has 0 radical (unpaired) electrons. The number of aromatic amines is 1. The molecule has 10 nitrogen and oxygen atoms in total. The van der Waals surface area contributed by atoms with Gasteiger partial charge in [0.1, 0.15) is 11.5 Å².